The summed E-state index contributed by atoms with van der Waals surface area (Å²) in [6.07, 6.45) is 4.62. The number of aromatic nitrogens is 1. The Hall–Kier alpha value is -0.670. The van der Waals surface area contributed by atoms with Gasteiger partial charge in [0.15, 0.2) is 0 Å². The summed E-state index contributed by atoms with van der Waals surface area (Å²) in [6.45, 7) is 6.78. The zero-order chi connectivity index (χ0) is 10.4. The van der Waals surface area contributed by atoms with E-state index in [4.69, 9.17) is 0 Å². The molecule has 1 rings (SSSR count). The van der Waals surface area contributed by atoms with Crippen LogP contribution in [0.5, 0.6) is 0 Å². The van der Waals surface area contributed by atoms with Gasteiger partial charge >= 0.3 is 0 Å². The van der Waals surface area contributed by atoms with Crippen molar-refractivity contribution < 1.29 is 0 Å². The minimum absolute atomic E-state index is 0.257. The third-order valence-electron chi connectivity index (χ3n) is 1.97. The smallest absolute Gasteiger partial charge is 0.0717 e. The molecule has 14 heavy (non-hydrogen) atoms. The summed E-state index contributed by atoms with van der Waals surface area (Å²) < 4.78 is 1.05. The molecule has 0 saturated carbocycles. The molecule has 1 aromatic heterocycles. The van der Waals surface area contributed by atoms with Crippen molar-refractivity contribution in [3.63, 3.8) is 0 Å². The van der Waals surface area contributed by atoms with Crippen molar-refractivity contribution in [2.45, 2.75) is 19.4 Å². The van der Waals surface area contributed by atoms with E-state index in [0.717, 1.165) is 23.1 Å². The Kier molecular flexibility index (Phi) is 4.84. The van der Waals surface area contributed by atoms with Gasteiger partial charge in [0, 0.05) is 10.7 Å². The minimum Gasteiger partial charge on any atom is -0.309 e. The van der Waals surface area contributed by atoms with Gasteiger partial charge in [-0.1, -0.05) is 13.0 Å². The molecule has 76 valence electrons. The van der Waals surface area contributed by atoms with E-state index in [9.17, 15) is 0 Å². The summed E-state index contributed by atoms with van der Waals surface area (Å²) >= 11 is 3.50. The molecule has 3 heteroatoms. The second-order valence-corrected chi connectivity index (χ2v) is 3.86. The zero-order valence-electron chi connectivity index (χ0n) is 8.33. The van der Waals surface area contributed by atoms with Gasteiger partial charge in [-0.15, -0.1) is 6.58 Å². The molecule has 1 aromatic rings. The fourth-order valence-corrected chi connectivity index (χ4v) is 1.89. The quantitative estimate of drug-likeness (QED) is 0.818. The van der Waals surface area contributed by atoms with Gasteiger partial charge in [-0.3, -0.25) is 4.98 Å². The third kappa shape index (κ3) is 2.93. The highest BCUT2D eigenvalue weighted by molar-refractivity contribution is 9.10. The standard InChI is InChI=1S/C11H15BrN2/c1-3-6-10(13-4-2)11-9(12)7-5-8-14-11/h3,5,7-8,10,13H,1,4,6H2,2H3. The van der Waals surface area contributed by atoms with Crippen LogP contribution in [0.3, 0.4) is 0 Å². The predicted octanol–water partition coefficient (Wildman–Crippen LogP) is 3.07. The number of pyridine rings is 1. The topological polar surface area (TPSA) is 24.9 Å². The molecule has 0 aliphatic carbocycles. The highest BCUT2D eigenvalue weighted by atomic mass is 79.9. The van der Waals surface area contributed by atoms with Crippen LogP contribution < -0.4 is 5.32 Å². The molecule has 1 unspecified atom stereocenters. The van der Waals surface area contributed by atoms with Crippen molar-refractivity contribution in [3.05, 3.63) is 41.2 Å². The summed E-state index contributed by atoms with van der Waals surface area (Å²) in [6, 6.07) is 4.19. The average Bonchev–Trinajstić information content (AvgIpc) is 2.18. The molecule has 0 aromatic carbocycles. The van der Waals surface area contributed by atoms with E-state index in [1.54, 1.807) is 0 Å². The second kappa shape index (κ2) is 5.94. The minimum atomic E-state index is 0.257. The normalized spacial score (nSPS) is 12.4. The van der Waals surface area contributed by atoms with Crippen molar-refractivity contribution in [1.29, 1.82) is 0 Å². The fraction of sp³-hybridized carbons (Fsp3) is 0.364. The maximum atomic E-state index is 4.36. The van der Waals surface area contributed by atoms with Crippen LogP contribution in [-0.2, 0) is 0 Å². The number of nitrogens with zero attached hydrogens (tertiary/aromatic N) is 1. The molecule has 0 radical (unpaired) electrons. The summed E-state index contributed by atoms with van der Waals surface area (Å²) in [7, 11) is 0. The van der Waals surface area contributed by atoms with E-state index in [1.165, 1.54) is 0 Å². The fourth-order valence-electron chi connectivity index (χ4n) is 1.36. The van der Waals surface area contributed by atoms with Crippen molar-refractivity contribution in [1.82, 2.24) is 10.3 Å². The molecule has 0 spiro atoms. The molecule has 0 aliphatic heterocycles. The Morgan fingerprint density at radius 1 is 1.71 bits per heavy atom. The van der Waals surface area contributed by atoms with Crippen LogP contribution in [-0.4, -0.2) is 11.5 Å². The first kappa shape index (κ1) is 11.4. The van der Waals surface area contributed by atoms with Crippen molar-refractivity contribution in [2.24, 2.45) is 0 Å². The zero-order valence-corrected chi connectivity index (χ0v) is 9.92. The lowest BCUT2D eigenvalue weighted by Gasteiger charge is -2.16. The maximum Gasteiger partial charge on any atom is 0.0717 e. The number of hydrogen-bond donors (Lipinski definition) is 1. The molecule has 0 fully saturated rings. The molecule has 1 atom stereocenters. The van der Waals surface area contributed by atoms with Crippen molar-refractivity contribution in [3.8, 4) is 0 Å². The Bertz CT molecular complexity index is 299. The second-order valence-electron chi connectivity index (χ2n) is 3.01. The first-order chi connectivity index (χ1) is 6.79. The van der Waals surface area contributed by atoms with Gasteiger partial charge in [-0.25, -0.2) is 0 Å². The maximum absolute atomic E-state index is 4.36. The monoisotopic (exact) mass is 254 g/mol. The summed E-state index contributed by atoms with van der Waals surface area (Å²) in [4.78, 5) is 4.36. The van der Waals surface area contributed by atoms with Gasteiger partial charge in [-0.05, 0) is 41.0 Å². The Balaban J connectivity index is 2.86. The lowest BCUT2D eigenvalue weighted by atomic mass is 10.1. The van der Waals surface area contributed by atoms with E-state index < -0.39 is 0 Å². The lowest BCUT2D eigenvalue weighted by Crippen LogP contribution is -2.21. The lowest BCUT2D eigenvalue weighted by molar-refractivity contribution is 0.543. The summed E-state index contributed by atoms with van der Waals surface area (Å²) in [5.41, 5.74) is 1.05. The van der Waals surface area contributed by atoms with E-state index in [0.29, 0.717) is 0 Å². The van der Waals surface area contributed by atoms with Crippen LogP contribution in [0.1, 0.15) is 25.1 Å². The molecular weight excluding hydrogens is 240 g/mol. The number of halogens is 1. The van der Waals surface area contributed by atoms with E-state index in [2.05, 4.69) is 39.7 Å². The number of hydrogen-bond acceptors (Lipinski definition) is 2. The molecular formula is C11H15BrN2. The Morgan fingerprint density at radius 3 is 3.07 bits per heavy atom. The summed E-state index contributed by atoms with van der Waals surface area (Å²) in [5.74, 6) is 0. The molecule has 2 nitrogen and oxygen atoms in total. The van der Waals surface area contributed by atoms with Crippen LogP contribution >= 0.6 is 15.9 Å². The molecule has 1 N–H and O–H groups in total. The van der Waals surface area contributed by atoms with Gasteiger partial charge in [0.1, 0.15) is 0 Å². The van der Waals surface area contributed by atoms with Gasteiger partial charge in [0.25, 0.3) is 0 Å². The molecule has 0 bridgehead atoms. The van der Waals surface area contributed by atoms with Crippen molar-refractivity contribution >= 4 is 15.9 Å². The third-order valence-corrected chi connectivity index (χ3v) is 2.64. The Labute approximate surface area is 93.6 Å². The van der Waals surface area contributed by atoms with Crippen LogP contribution in [0.2, 0.25) is 0 Å². The Morgan fingerprint density at radius 2 is 2.50 bits per heavy atom. The van der Waals surface area contributed by atoms with Crippen molar-refractivity contribution in [2.75, 3.05) is 6.54 Å². The van der Waals surface area contributed by atoms with Gasteiger partial charge in [0.2, 0.25) is 0 Å². The van der Waals surface area contributed by atoms with Gasteiger partial charge in [0.05, 0.1) is 11.7 Å². The SMILES string of the molecule is C=CCC(NCC)c1ncccc1Br. The molecule has 0 amide bonds. The van der Waals surface area contributed by atoms with E-state index in [-0.39, 0.29) is 6.04 Å². The predicted molar refractivity (Wildman–Crippen MR) is 63.2 cm³/mol. The van der Waals surface area contributed by atoms with E-state index >= 15 is 0 Å². The highest BCUT2D eigenvalue weighted by Gasteiger charge is 2.12. The molecule has 0 aliphatic rings. The molecule has 1 heterocycles. The van der Waals surface area contributed by atoms with Crippen LogP contribution in [0.15, 0.2) is 35.5 Å². The first-order valence-electron chi connectivity index (χ1n) is 4.74. The van der Waals surface area contributed by atoms with E-state index in [1.807, 2.05) is 24.4 Å². The van der Waals surface area contributed by atoms with Gasteiger partial charge in [-0.2, -0.15) is 0 Å². The number of rotatable bonds is 5. The highest BCUT2D eigenvalue weighted by Crippen LogP contribution is 2.23. The van der Waals surface area contributed by atoms with Gasteiger partial charge < -0.3 is 5.32 Å². The van der Waals surface area contributed by atoms with Crippen LogP contribution in [0, 0.1) is 0 Å². The number of nitrogens with one attached hydrogen (secondary N) is 1. The van der Waals surface area contributed by atoms with Crippen LogP contribution in [0.4, 0.5) is 0 Å². The first-order valence-corrected chi connectivity index (χ1v) is 5.53. The average molecular weight is 255 g/mol. The van der Waals surface area contributed by atoms with Crippen LogP contribution in [0.25, 0.3) is 0 Å². The molecule has 0 saturated heterocycles. The summed E-state index contributed by atoms with van der Waals surface area (Å²) in [5, 5.41) is 3.38. The largest absolute Gasteiger partial charge is 0.309 e.